The molecule has 0 aliphatic carbocycles. The minimum absolute atomic E-state index is 0.0234. The monoisotopic (exact) mass is 426 g/mol. The lowest BCUT2D eigenvalue weighted by Gasteiger charge is -2.31. The predicted octanol–water partition coefficient (Wildman–Crippen LogP) is 3.43. The van der Waals surface area contributed by atoms with Gasteiger partial charge in [-0.1, -0.05) is 30.3 Å². The Morgan fingerprint density at radius 3 is 2.77 bits per heavy atom. The van der Waals surface area contributed by atoms with Crippen molar-refractivity contribution >= 4 is 5.91 Å². The van der Waals surface area contributed by atoms with Crippen LogP contribution in [0.1, 0.15) is 30.4 Å². The molecule has 6 heteroatoms. The number of carbonyl (C=O) groups excluding carboxylic acids is 1. The number of carbonyl (C=O) groups is 1. The van der Waals surface area contributed by atoms with E-state index in [4.69, 9.17) is 14.2 Å². The van der Waals surface area contributed by atoms with Crippen molar-refractivity contribution in [3.63, 3.8) is 0 Å². The van der Waals surface area contributed by atoms with Gasteiger partial charge in [-0.05, 0) is 55.6 Å². The number of nitrogens with one attached hydrogen (secondary N) is 1. The van der Waals surface area contributed by atoms with Crippen LogP contribution in [0.15, 0.2) is 48.5 Å². The summed E-state index contributed by atoms with van der Waals surface area (Å²) in [7, 11) is 3.80. The Morgan fingerprint density at radius 2 is 1.97 bits per heavy atom. The van der Waals surface area contributed by atoms with Gasteiger partial charge in [-0.15, -0.1) is 0 Å². The summed E-state index contributed by atoms with van der Waals surface area (Å²) in [6.07, 6.45) is 3.25. The standard InChI is InChI=1S/C25H34N2O4/c1-27(22-12-15-30-16-13-22)14-17-31-23-8-5-6-20(18-23)19-26-25(28)11-10-21-7-3-4-9-24(21)29-2/h3-9,18,22H,10-17,19H2,1-2H3,(H,26,28). The van der Waals surface area contributed by atoms with Gasteiger partial charge < -0.3 is 19.5 Å². The SMILES string of the molecule is COc1ccccc1CCC(=O)NCc1cccc(OCCN(C)C2CCOCC2)c1. The Bertz CT molecular complexity index is 821. The molecule has 0 bridgehead atoms. The lowest BCUT2D eigenvalue weighted by molar-refractivity contribution is -0.121. The number of ether oxygens (including phenoxy) is 3. The van der Waals surface area contributed by atoms with E-state index in [1.54, 1.807) is 7.11 Å². The first-order valence-corrected chi connectivity index (χ1v) is 11.0. The van der Waals surface area contributed by atoms with Crippen molar-refractivity contribution in [3.8, 4) is 11.5 Å². The van der Waals surface area contributed by atoms with Crippen molar-refractivity contribution in [1.29, 1.82) is 0 Å². The molecule has 31 heavy (non-hydrogen) atoms. The van der Waals surface area contributed by atoms with Crippen molar-refractivity contribution in [3.05, 3.63) is 59.7 Å². The summed E-state index contributed by atoms with van der Waals surface area (Å²) in [6.45, 7) is 3.71. The third-order valence-corrected chi connectivity index (χ3v) is 5.73. The highest BCUT2D eigenvalue weighted by Gasteiger charge is 2.18. The van der Waals surface area contributed by atoms with Crippen LogP contribution in [0.4, 0.5) is 0 Å². The largest absolute Gasteiger partial charge is 0.496 e. The fourth-order valence-corrected chi connectivity index (χ4v) is 3.81. The summed E-state index contributed by atoms with van der Waals surface area (Å²) in [6, 6.07) is 16.3. The van der Waals surface area contributed by atoms with Crippen molar-refractivity contribution in [2.75, 3.05) is 40.5 Å². The third kappa shape index (κ3) is 7.56. The number of nitrogens with zero attached hydrogens (tertiary/aromatic N) is 1. The maximum absolute atomic E-state index is 12.3. The van der Waals surface area contributed by atoms with E-state index in [9.17, 15) is 4.79 Å². The zero-order chi connectivity index (χ0) is 21.9. The molecule has 0 spiro atoms. The lowest BCUT2D eigenvalue weighted by Crippen LogP contribution is -2.38. The van der Waals surface area contributed by atoms with Crippen LogP contribution >= 0.6 is 0 Å². The van der Waals surface area contributed by atoms with Gasteiger partial charge in [0.05, 0.1) is 7.11 Å². The fourth-order valence-electron chi connectivity index (χ4n) is 3.81. The van der Waals surface area contributed by atoms with E-state index in [1.165, 1.54) is 0 Å². The molecule has 1 fully saturated rings. The molecule has 3 rings (SSSR count). The van der Waals surface area contributed by atoms with Gasteiger partial charge >= 0.3 is 0 Å². The van der Waals surface area contributed by atoms with Gasteiger partial charge in [-0.3, -0.25) is 9.69 Å². The van der Waals surface area contributed by atoms with Gasteiger partial charge in [-0.25, -0.2) is 0 Å². The van der Waals surface area contributed by atoms with E-state index in [2.05, 4.69) is 17.3 Å². The summed E-state index contributed by atoms with van der Waals surface area (Å²) >= 11 is 0. The van der Waals surface area contributed by atoms with Crippen LogP contribution in [-0.4, -0.2) is 57.4 Å². The van der Waals surface area contributed by atoms with E-state index < -0.39 is 0 Å². The number of benzene rings is 2. The topological polar surface area (TPSA) is 60.0 Å². The lowest BCUT2D eigenvalue weighted by atomic mass is 10.1. The Labute approximate surface area is 185 Å². The molecule has 0 radical (unpaired) electrons. The number of likely N-dealkylation sites (N-methyl/N-ethyl adjacent to an activating group) is 1. The van der Waals surface area contributed by atoms with Gasteiger partial charge in [0.25, 0.3) is 0 Å². The first kappa shape index (κ1) is 23.1. The minimum Gasteiger partial charge on any atom is -0.496 e. The highest BCUT2D eigenvalue weighted by molar-refractivity contribution is 5.76. The number of rotatable bonds is 11. The average molecular weight is 427 g/mol. The number of hydrogen-bond donors (Lipinski definition) is 1. The molecule has 2 aromatic rings. The molecule has 2 aromatic carbocycles. The molecule has 1 saturated heterocycles. The van der Waals surface area contributed by atoms with Crippen LogP contribution in [0, 0.1) is 0 Å². The Hall–Kier alpha value is -2.57. The number of para-hydroxylation sites is 1. The van der Waals surface area contributed by atoms with E-state index in [1.807, 2.05) is 48.5 Å². The fraction of sp³-hybridized carbons (Fsp3) is 0.480. The molecule has 1 N–H and O–H groups in total. The van der Waals surface area contributed by atoms with Crippen LogP contribution in [0.2, 0.25) is 0 Å². The number of aryl methyl sites for hydroxylation is 1. The summed E-state index contributed by atoms with van der Waals surface area (Å²) in [5.41, 5.74) is 2.07. The normalized spacial score (nSPS) is 14.4. The van der Waals surface area contributed by atoms with E-state index in [0.717, 1.165) is 55.2 Å². The summed E-state index contributed by atoms with van der Waals surface area (Å²) in [5.74, 6) is 1.68. The second-order valence-electron chi connectivity index (χ2n) is 7.91. The highest BCUT2D eigenvalue weighted by atomic mass is 16.5. The molecule has 0 unspecified atom stereocenters. The van der Waals surface area contributed by atoms with Gasteiger partial charge in [0.15, 0.2) is 0 Å². The summed E-state index contributed by atoms with van der Waals surface area (Å²) < 4.78 is 16.7. The summed E-state index contributed by atoms with van der Waals surface area (Å²) in [5, 5.41) is 3.00. The Balaban J connectivity index is 1.39. The second kappa shape index (κ2) is 12.3. The molecule has 6 nitrogen and oxygen atoms in total. The van der Waals surface area contributed by atoms with Crippen LogP contribution in [0.5, 0.6) is 11.5 Å². The third-order valence-electron chi connectivity index (χ3n) is 5.73. The molecule has 0 atom stereocenters. The van der Waals surface area contributed by atoms with Crippen molar-refractivity contribution < 1.29 is 19.0 Å². The quantitative estimate of drug-likeness (QED) is 0.597. The van der Waals surface area contributed by atoms with Crippen molar-refractivity contribution in [1.82, 2.24) is 10.2 Å². The zero-order valence-electron chi connectivity index (χ0n) is 18.6. The smallest absolute Gasteiger partial charge is 0.220 e. The molecular formula is C25H34N2O4. The Kier molecular flexibility index (Phi) is 9.18. The predicted molar refractivity (Wildman–Crippen MR) is 122 cm³/mol. The van der Waals surface area contributed by atoms with Crippen LogP contribution < -0.4 is 14.8 Å². The van der Waals surface area contributed by atoms with Gasteiger partial charge in [0, 0.05) is 38.8 Å². The molecule has 1 aliphatic heterocycles. The molecule has 1 heterocycles. The van der Waals surface area contributed by atoms with Gasteiger partial charge in [0.1, 0.15) is 18.1 Å². The van der Waals surface area contributed by atoms with Crippen molar-refractivity contribution in [2.24, 2.45) is 0 Å². The van der Waals surface area contributed by atoms with E-state index in [0.29, 0.717) is 32.0 Å². The van der Waals surface area contributed by atoms with Crippen molar-refractivity contribution in [2.45, 2.75) is 38.3 Å². The first-order chi connectivity index (χ1) is 15.2. The number of amides is 1. The van der Waals surface area contributed by atoms with E-state index >= 15 is 0 Å². The summed E-state index contributed by atoms with van der Waals surface area (Å²) in [4.78, 5) is 14.6. The zero-order valence-corrected chi connectivity index (χ0v) is 18.6. The Morgan fingerprint density at radius 1 is 1.16 bits per heavy atom. The van der Waals surface area contributed by atoms with E-state index in [-0.39, 0.29) is 5.91 Å². The molecule has 1 aliphatic rings. The molecular weight excluding hydrogens is 392 g/mol. The molecule has 168 valence electrons. The van der Waals surface area contributed by atoms with Gasteiger partial charge in [-0.2, -0.15) is 0 Å². The van der Waals surface area contributed by atoms with Crippen LogP contribution in [0.25, 0.3) is 0 Å². The molecule has 0 aromatic heterocycles. The number of methoxy groups -OCH3 is 1. The van der Waals surface area contributed by atoms with Crippen LogP contribution in [-0.2, 0) is 22.5 Å². The molecule has 1 amide bonds. The minimum atomic E-state index is 0.0234. The first-order valence-electron chi connectivity index (χ1n) is 11.0. The average Bonchev–Trinajstić information content (AvgIpc) is 2.82. The maximum atomic E-state index is 12.3. The maximum Gasteiger partial charge on any atom is 0.220 e. The number of hydrogen-bond acceptors (Lipinski definition) is 5. The highest BCUT2D eigenvalue weighted by Crippen LogP contribution is 2.19. The second-order valence-corrected chi connectivity index (χ2v) is 7.91. The van der Waals surface area contributed by atoms with Crippen LogP contribution in [0.3, 0.4) is 0 Å². The molecule has 0 saturated carbocycles. The van der Waals surface area contributed by atoms with Gasteiger partial charge in [0.2, 0.25) is 5.91 Å².